The summed E-state index contributed by atoms with van der Waals surface area (Å²) in [4.78, 5) is 12.7. The van der Waals surface area contributed by atoms with Crippen molar-refractivity contribution in [1.82, 2.24) is 10.2 Å². The maximum Gasteiger partial charge on any atom is 0.310 e. The third-order valence-electron chi connectivity index (χ3n) is 3.06. The first-order valence-corrected chi connectivity index (χ1v) is 5.95. The number of methoxy groups -OCH3 is 1. The Morgan fingerprint density at radius 3 is 2.78 bits per heavy atom. The van der Waals surface area contributed by atoms with Gasteiger partial charge in [0.25, 0.3) is 0 Å². The van der Waals surface area contributed by atoms with Crippen LogP contribution in [-0.4, -0.2) is 43.1 Å². The first-order chi connectivity index (χ1) is 8.70. The second-order valence-electron chi connectivity index (χ2n) is 4.29. The predicted molar refractivity (Wildman–Crippen MR) is 67.8 cm³/mol. The number of nitrogens with one attached hydrogen (secondary N) is 1. The highest BCUT2D eigenvalue weighted by atomic mass is 16.6. The molecule has 1 saturated heterocycles. The zero-order valence-corrected chi connectivity index (χ0v) is 10.4. The molecular weight excluding hydrogens is 234 g/mol. The van der Waals surface area contributed by atoms with E-state index in [2.05, 4.69) is 10.2 Å². The molecule has 0 radical (unpaired) electrons. The Hall–Kier alpha value is -1.66. The minimum Gasteiger partial charge on any atom is -0.490 e. The van der Waals surface area contributed by atoms with Crippen molar-refractivity contribution in [3.63, 3.8) is 0 Å². The van der Waals surface area contributed by atoms with Gasteiger partial charge in [0.2, 0.25) is 0 Å². The smallest absolute Gasteiger partial charge is 0.310 e. The highest BCUT2D eigenvalue weighted by Crippen LogP contribution is 2.27. The molecule has 1 heterocycles. The summed E-state index contributed by atoms with van der Waals surface area (Å²) >= 11 is 0. The molecule has 1 aromatic rings. The Morgan fingerprint density at radius 1 is 1.44 bits per heavy atom. The number of ether oxygens (including phenoxy) is 1. The van der Waals surface area contributed by atoms with Crippen molar-refractivity contribution in [1.29, 1.82) is 0 Å². The first kappa shape index (κ1) is 12.8. The molecule has 6 heteroatoms. The molecule has 0 atom stereocenters. The number of nitro benzene ring substituents is 1. The average Bonchev–Trinajstić information content (AvgIpc) is 2.39. The molecular formula is C12H17N3O3. The molecule has 18 heavy (non-hydrogen) atoms. The lowest BCUT2D eigenvalue weighted by molar-refractivity contribution is -0.385. The lowest BCUT2D eigenvalue weighted by Crippen LogP contribution is -2.42. The van der Waals surface area contributed by atoms with Crippen LogP contribution < -0.4 is 10.1 Å². The number of hydrogen-bond donors (Lipinski definition) is 1. The Bertz CT molecular complexity index is 431. The maximum atomic E-state index is 10.8. The van der Waals surface area contributed by atoms with E-state index < -0.39 is 4.92 Å². The predicted octanol–water partition coefficient (Wildman–Crippen LogP) is 1.01. The van der Waals surface area contributed by atoms with Gasteiger partial charge in [0.15, 0.2) is 5.75 Å². The molecule has 1 fully saturated rings. The van der Waals surface area contributed by atoms with Crippen LogP contribution in [0.15, 0.2) is 18.2 Å². The second kappa shape index (κ2) is 5.79. The number of nitro groups is 1. The van der Waals surface area contributed by atoms with Crippen LogP contribution in [0.5, 0.6) is 5.75 Å². The zero-order valence-electron chi connectivity index (χ0n) is 10.4. The van der Waals surface area contributed by atoms with Crippen LogP contribution in [0.4, 0.5) is 5.69 Å². The summed E-state index contributed by atoms with van der Waals surface area (Å²) in [5.41, 5.74) is 1.06. The molecule has 98 valence electrons. The molecule has 0 unspecified atom stereocenters. The van der Waals surface area contributed by atoms with Crippen LogP contribution >= 0.6 is 0 Å². The Labute approximate surface area is 106 Å². The summed E-state index contributed by atoms with van der Waals surface area (Å²) in [6.07, 6.45) is 0. The highest BCUT2D eigenvalue weighted by Gasteiger charge is 2.16. The molecule has 1 N–H and O–H groups in total. The van der Waals surface area contributed by atoms with Crippen molar-refractivity contribution in [3.05, 3.63) is 33.9 Å². The first-order valence-electron chi connectivity index (χ1n) is 5.95. The molecule has 6 nitrogen and oxygen atoms in total. The van der Waals surface area contributed by atoms with Gasteiger partial charge in [-0.3, -0.25) is 15.0 Å². The van der Waals surface area contributed by atoms with Gasteiger partial charge in [-0.05, 0) is 11.6 Å². The van der Waals surface area contributed by atoms with Gasteiger partial charge in [-0.1, -0.05) is 6.07 Å². The summed E-state index contributed by atoms with van der Waals surface area (Å²) in [5.74, 6) is 0.327. The van der Waals surface area contributed by atoms with Crippen molar-refractivity contribution in [2.24, 2.45) is 0 Å². The van der Waals surface area contributed by atoms with Crippen molar-refractivity contribution in [2.75, 3.05) is 33.3 Å². The molecule has 0 amide bonds. The second-order valence-corrected chi connectivity index (χ2v) is 4.29. The van der Waals surface area contributed by atoms with E-state index in [0.29, 0.717) is 5.75 Å². The average molecular weight is 251 g/mol. The summed E-state index contributed by atoms with van der Waals surface area (Å²) in [7, 11) is 1.46. The lowest BCUT2D eigenvalue weighted by atomic mass is 10.1. The molecule has 0 spiro atoms. The lowest BCUT2D eigenvalue weighted by Gasteiger charge is -2.27. The number of rotatable bonds is 4. The molecule has 0 aromatic heterocycles. The number of benzene rings is 1. The quantitative estimate of drug-likeness (QED) is 0.639. The van der Waals surface area contributed by atoms with Crippen LogP contribution in [0.3, 0.4) is 0 Å². The van der Waals surface area contributed by atoms with E-state index in [-0.39, 0.29) is 5.69 Å². The molecule has 0 bridgehead atoms. The molecule has 0 aliphatic carbocycles. The van der Waals surface area contributed by atoms with Gasteiger partial charge in [0.05, 0.1) is 12.0 Å². The standard InChI is InChI=1S/C12H17N3O3/c1-18-12-8-10(2-3-11(12)15(16)17)9-14-6-4-13-5-7-14/h2-3,8,13H,4-7,9H2,1H3. The van der Waals surface area contributed by atoms with Crippen LogP contribution in [0.25, 0.3) is 0 Å². The minimum atomic E-state index is -0.423. The van der Waals surface area contributed by atoms with E-state index in [4.69, 9.17) is 4.74 Å². The molecule has 1 aliphatic rings. The van der Waals surface area contributed by atoms with E-state index in [1.807, 2.05) is 0 Å². The maximum absolute atomic E-state index is 10.8. The van der Waals surface area contributed by atoms with E-state index in [1.165, 1.54) is 13.2 Å². The monoisotopic (exact) mass is 251 g/mol. The summed E-state index contributed by atoms with van der Waals surface area (Å²) in [5, 5.41) is 14.1. The van der Waals surface area contributed by atoms with Crippen LogP contribution in [-0.2, 0) is 6.54 Å². The van der Waals surface area contributed by atoms with Gasteiger partial charge < -0.3 is 10.1 Å². The van der Waals surface area contributed by atoms with Gasteiger partial charge in [-0.15, -0.1) is 0 Å². The van der Waals surface area contributed by atoms with Crippen molar-refractivity contribution < 1.29 is 9.66 Å². The largest absolute Gasteiger partial charge is 0.490 e. The van der Waals surface area contributed by atoms with Gasteiger partial charge in [0, 0.05) is 38.8 Å². The molecule has 2 rings (SSSR count). The Kier molecular flexibility index (Phi) is 4.11. The van der Waals surface area contributed by atoms with Crippen molar-refractivity contribution >= 4 is 5.69 Å². The molecule has 0 saturated carbocycles. The van der Waals surface area contributed by atoms with Gasteiger partial charge >= 0.3 is 5.69 Å². The SMILES string of the molecule is COc1cc(CN2CCNCC2)ccc1[N+](=O)[O-]. The van der Waals surface area contributed by atoms with Crippen molar-refractivity contribution in [2.45, 2.75) is 6.54 Å². The number of hydrogen-bond acceptors (Lipinski definition) is 5. The summed E-state index contributed by atoms with van der Waals surface area (Å²) in [6.45, 7) is 4.78. The highest BCUT2D eigenvalue weighted by molar-refractivity contribution is 5.48. The van der Waals surface area contributed by atoms with Crippen LogP contribution in [0.1, 0.15) is 5.56 Å². The van der Waals surface area contributed by atoms with Gasteiger partial charge in [-0.2, -0.15) is 0 Å². The van der Waals surface area contributed by atoms with E-state index in [1.54, 1.807) is 12.1 Å². The topological polar surface area (TPSA) is 67.6 Å². The number of nitrogens with zero attached hydrogens (tertiary/aromatic N) is 2. The van der Waals surface area contributed by atoms with Gasteiger partial charge in [0.1, 0.15) is 0 Å². The van der Waals surface area contributed by atoms with Crippen LogP contribution in [0.2, 0.25) is 0 Å². The van der Waals surface area contributed by atoms with Gasteiger partial charge in [-0.25, -0.2) is 0 Å². The summed E-state index contributed by atoms with van der Waals surface area (Å²) < 4.78 is 5.06. The Balaban J connectivity index is 2.11. The normalized spacial score (nSPS) is 16.5. The van der Waals surface area contributed by atoms with E-state index in [0.717, 1.165) is 38.3 Å². The molecule has 1 aromatic carbocycles. The summed E-state index contributed by atoms with van der Waals surface area (Å²) in [6, 6.07) is 5.05. The fourth-order valence-corrected chi connectivity index (χ4v) is 2.10. The fraction of sp³-hybridized carbons (Fsp3) is 0.500. The Morgan fingerprint density at radius 2 is 2.17 bits per heavy atom. The number of piperazine rings is 1. The zero-order chi connectivity index (χ0) is 13.0. The van der Waals surface area contributed by atoms with E-state index >= 15 is 0 Å². The molecule has 1 aliphatic heterocycles. The minimum absolute atomic E-state index is 0.0153. The van der Waals surface area contributed by atoms with Crippen LogP contribution in [0, 0.1) is 10.1 Å². The fourth-order valence-electron chi connectivity index (χ4n) is 2.10. The van der Waals surface area contributed by atoms with E-state index in [9.17, 15) is 10.1 Å². The van der Waals surface area contributed by atoms with Crippen molar-refractivity contribution in [3.8, 4) is 5.75 Å². The third kappa shape index (κ3) is 2.96. The third-order valence-corrected chi connectivity index (χ3v) is 3.06.